The molecule has 9 nitrogen and oxygen atoms in total. The van der Waals surface area contributed by atoms with Crippen LogP contribution >= 0.6 is 0 Å². The van der Waals surface area contributed by atoms with Crippen molar-refractivity contribution in [2.45, 2.75) is 64.1 Å². The molecule has 46 heavy (non-hydrogen) atoms. The normalized spacial score (nSPS) is 17.9. The van der Waals surface area contributed by atoms with Gasteiger partial charge >= 0.3 is 12.1 Å². The fourth-order valence-corrected chi connectivity index (χ4v) is 6.40. The fraction of sp³-hybridized carbons (Fsp3) is 0.382. The van der Waals surface area contributed by atoms with Crippen LogP contribution in [0.15, 0.2) is 59.0 Å². The van der Waals surface area contributed by atoms with Crippen LogP contribution in [0.5, 0.6) is 5.88 Å². The van der Waals surface area contributed by atoms with Crippen LogP contribution in [-0.2, 0) is 30.6 Å². The van der Waals surface area contributed by atoms with Gasteiger partial charge in [-0.25, -0.2) is 14.8 Å². The predicted octanol–water partition coefficient (Wildman–Crippen LogP) is 6.95. The number of aryl methyl sites for hydroxylation is 1. The first kappa shape index (κ1) is 30.2. The Morgan fingerprint density at radius 3 is 2.59 bits per heavy atom. The summed E-state index contributed by atoms with van der Waals surface area (Å²) in [6.07, 6.45) is -1.64. The Bertz CT molecular complexity index is 1900. The summed E-state index contributed by atoms with van der Waals surface area (Å²) in [5.74, 6) is 0.959. The summed E-state index contributed by atoms with van der Waals surface area (Å²) < 4.78 is 59.9. The molecule has 2 fully saturated rings. The number of ether oxygens (including phenoxy) is 2. The number of pyridine rings is 1. The van der Waals surface area contributed by atoms with E-state index in [2.05, 4.69) is 9.47 Å². The van der Waals surface area contributed by atoms with E-state index in [1.807, 2.05) is 12.1 Å². The molecule has 3 aromatic heterocycles. The number of rotatable bonds is 9. The van der Waals surface area contributed by atoms with E-state index in [-0.39, 0.29) is 35.2 Å². The number of alkyl halides is 3. The van der Waals surface area contributed by atoms with Crippen LogP contribution in [-0.4, -0.2) is 56.3 Å². The number of halogens is 3. The molecule has 2 aliphatic heterocycles. The number of fused-ring (bicyclic) bond motifs is 2. The monoisotopic (exact) mass is 634 g/mol. The van der Waals surface area contributed by atoms with Gasteiger partial charge < -0.3 is 23.6 Å². The largest absolute Gasteiger partial charge is 0.478 e. The minimum atomic E-state index is -4.48. The van der Waals surface area contributed by atoms with Gasteiger partial charge in [0.1, 0.15) is 23.8 Å². The van der Waals surface area contributed by atoms with Crippen molar-refractivity contribution in [2.75, 3.05) is 19.7 Å². The van der Waals surface area contributed by atoms with Gasteiger partial charge in [0.15, 0.2) is 0 Å². The molecule has 240 valence electrons. The first-order valence-electron chi connectivity index (χ1n) is 15.4. The smallest absolute Gasteiger partial charge is 0.417 e. The second-order valence-electron chi connectivity index (χ2n) is 12.0. The number of nitrogens with zero attached hydrogens (tertiary/aromatic N) is 4. The third kappa shape index (κ3) is 6.06. The average molecular weight is 635 g/mol. The van der Waals surface area contributed by atoms with Crippen molar-refractivity contribution in [1.82, 2.24) is 19.4 Å². The molecule has 0 bridgehead atoms. The molecule has 0 aliphatic carbocycles. The summed E-state index contributed by atoms with van der Waals surface area (Å²) in [6, 6.07) is 14.5. The van der Waals surface area contributed by atoms with Crippen LogP contribution in [0.3, 0.4) is 0 Å². The van der Waals surface area contributed by atoms with Crippen molar-refractivity contribution in [3.63, 3.8) is 0 Å². The summed E-state index contributed by atoms with van der Waals surface area (Å²) in [4.78, 5) is 23.6. The first-order valence-corrected chi connectivity index (χ1v) is 15.4. The molecule has 2 aromatic carbocycles. The van der Waals surface area contributed by atoms with Crippen LogP contribution < -0.4 is 4.74 Å². The Kier molecular flexibility index (Phi) is 7.93. The highest BCUT2D eigenvalue weighted by atomic mass is 19.4. The lowest BCUT2D eigenvalue weighted by Gasteiger charge is -2.32. The Balaban J connectivity index is 1.01. The maximum absolute atomic E-state index is 13.5. The molecule has 1 N–H and O–H groups in total. The average Bonchev–Trinajstić information content (AvgIpc) is 3.56. The van der Waals surface area contributed by atoms with Crippen LogP contribution in [0.4, 0.5) is 13.2 Å². The number of carbonyl (C=O) groups is 1. The number of aromatic nitrogens is 3. The molecule has 12 heteroatoms. The van der Waals surface area contributed by atoms with E-state index < -0.39 is 17.7 Å². The van der Waals surface area contributed by atoms with Crippen LogP contribution in [0, 0.1) is 6.92 Å². The standard InChI is InChI=1S/C34H33F3N4O5/c1-20-15-25-26(34(35,36)37)7-5-23(32(25)46-20)19-45-31-4-2-3-27(39-31)21-9-12-40(13-10-21)18-30-38-28-8-6-22(33(42)43)16-29(28)41(30)17-24-11-14-44-24/h2-8,15-16,21,24H,9-14,17-19H2,1H3,(H,42,43). The van der Waals surface area contributed by atoms with E-state index in [1.165, 1.54) is 12.1 Å². The Hall–Kier alpha value is -4.42. The number of carboxylic acid groups (broad SMARTS) is 1. The van der Waals surface area contributed by atoms with Gasteiger partial charge in [0.25, 0.3) is 0 Å². The number of aromatic carboxylic acids is 1. The maximum Gasteiger partial charge on any atom is 0.417 e. The van der Waals surface area contributed by atoms with Gasteiger partial charge in [-0.05, 0) is 75.7 Å². The van der Waals surface area contributed by atoms with Gasteiger partial charge in [0.05, 0.1) is 41.4 Å². The number of benzene rings is 2. The minimum Gasteiger partial charge on any atom is -0.478 e. The maximum atomic E-state index is 13.5. The van der Waals surface area contributed by atoms with E-state index in [9.17, 15) is 23.1 Å². The van der Waals surface area contributed by atoms with Gasteiger partial charge in [-0.3, -0.25) is 4.90 Å². The third-order valence-corrected chi connectivity index (χ3v) is 8.94. The molecule has 0 spiro atoms. The molecular weight excluding hydrogens is 601 g/mol. The molecule has 0 radical (unpaired) electrons. The number of piperidine rings is 1. The highest BCUT2D eigenvalue weighted by Gasteiger charge is 2.34. The molecule has 0 saturated carbocycles. The third-order valence-electron chi connectivity index (χ3n) is 8.94. The molecule has 0 amide bonds. The van der Waals surface area contributed by atoms with Crippen LogP contribution in [0.1, 0.15) is 63.9 Å². The summed E-state index contributed by atoms with van der Waals surface area (Å²) in [5, 5.41) is 9.54. The van der Waals surface area contributed by atoms with E-state index in [4.69, 9.17) is 23.9 Å². The highest BCUT2D eigenvalue weighted by molar-refractivity contribution is 5.92. The lowest BCUT2D eigenvalue weighted by Crippen LogP contribution is -2.35. The molecule has 7 rings (SSSR count). The zero-order valence-electron chi connectivity index (χ0n) is 25.2. The number of hydrogen-bond acceptors (Lipinski definition) is 7. The summed E-state index contributed by atoms with van der Waals surface area (Å²) in [7, 11) is 0. The van der Waals surface area contributed by atoms with Crippen molar-refractivity contribution < 1.29 is 37.0 Å². The van der Waals surface area contributed by atoms with Crippen molar-refractivity contribution in [3.8, 4) is 5.88 Å². The zero-order valence-corrected chi connectivity index (χ0v) is 25.2. The summed E-state index contributed by atoms with van der Waals surface area (Å²) in [6.45, 7) is 5.34. The SMILES string of the molecule is Cc1cc2c(C(F)(F)F)ccc(COc3cccc(C4CCN(Cc5nc6ccc(C(=O)O)cc6n5CC5CCO5)CC4)n3)c2o1. The second kappa shape index (κ2) is 12.1. The molecule has 2 saturated heterocycles. The molecule has 5 aromatic rings. The molecular formula is C34H33F3N4O5. The number of carboxylic acids is 1. The zero-order chi connectivity index (χ0) is 32.0. The van der Waals surface area contributed by atoms with E-state index >= 15 is 0 Å². The summed E-state index contributed by atoms with van der Waals surface area (Å²) in [5.41, 5.74) is 2.69. The lowest BCUT2D eigenvalue weighted by molar-refractivity contribution is -0.136. The van der Waals surface area contributed by atoms with E-state index in [0.717, 1.165) is 67.6 Å². The topological polar surface area (TPSA) is 103 Å². The Labute approximate surface area is 262 Å². The molecule has 1 unspecified atom stereocenters. The fourth-order valence-electron chi connectivity index (χ4n) is 6.40. The first-order chi connectivity index (χ1) is 22.1. The van der Waals surface area contributed by atoms with Crippen molar-refractivity contribution in [3.05, 3.63) is 88.6 Å². The Morgan fingerprint density at radius 2 is 1.87 bits per heavy atom. The van der Waals surface area contributed by atoms with E-state index in [1.54, 1.807) is 31.2 Å². The Morgan fingerprint density at radius 1 is 1.07 bits per heavy atom. The summed E-state index contributed by atoms with van der Waals surface area (Å²) >= 11 is 0. The number of hydrogen-bond donors (Lipinski definition) is 1. The molecule has 5 heterocycles. The number of imidazole rings is 1. The number of furan rings is 1. The van der Waals surface area contributed by atoms with Crippen molar-refractivity contribution >= 4 is 28.0 Å². The van der Waals surface area contributed by atoms with Crippen molar-refractivity contribution in [2.24, 2.45) is 0 Å². The molecule has 1 atom stereocenters. The minimum absolute atomic E-state index is 0.0246. The van der Waals surface area contributed by atoms with Gasteiger partial charge in [-0.1, -0.05) is 12.1 Å². The van der Waals surface area contributed by atoms with Crippen LogP contribution in [0.2, 0.25) is 0 Å². The second-order valence-corrected chi connectivity index (χ2v) is 12.0. The highest BCUT2D eigenvalue weighted by Crippen LogP contribution is 2.38. The molecule has 2 aliphatic rings. The van der Waals surface area contributed by atoms with E-state index in [0.29, 0.717) is 30.3 Å². The van der Waals surface area contributed by atoms with Crippen molar-refractivity contribution in [1.29, 1.82) is 0 Å². The van der Waals surface area contributed by atoms with Gasteiger partial charge in [-0.15, -0.1) is 0 Å². The van der Waals surface area contributed by atoms with Gasteiger partial charge in [0.2, 0.25) is 5.88 Å². The number of likely N-dealkylation sites (tertiary alicyclic amines) is 1. The predicted molar refractivity (Wildman–Crippen MR) is 163 cm³/mol. The lowest BCUT2D eigenvalue weighted by atomic mass is 9.93. The quantitative estimate of drug-likeness (QED) is 0.186. The van der Waals surface area contributed by atoms with Crippen LogP contribution in [0.25, 0.3) is 22.0 Å². The van der Waals surface area contributed by atoms with Gasteiger partial charge in [-0.2, -0.15) is 13.2 Å². The van der Waals surface area contributed by atoms with Gasteiger partial charge in [0, 0.05) is 35.2 Å².